The number of carbonyl (C=O) groups excluding carboxylic acids is 1. The molecule has 0 aliphatic carbocycles. The molecule has 1 heterocycles. The Kier molecular flexibility index (Phi) is 5.53. The highest BCUT2D eigenvalue weighted by atomic mass is 35.5. The monoisotopic (exact) mass is 391 g/mol. The van der Waals surface area contributed by atoms with Crippen LogP contribution in [0.15, 0.2) is 47.5 Å². The summed E-state index contributed by atoms with van der Waals surface area (Å²) in [5.74, 6) is 0.149. The van der Waals surface area contributed by atoms with Gasteiger partial charge in [0.25, 0.3) is 5.91 Å². The highest BCUT2D eigenvalue weighted by molar-refractivity contribution is 8.13. The smallest absolute Gasteiger partial charge is 0.255 e. The molecule has 0 unspecified atom stereocenters. The zero-order chi connectivity index (χ0) is 18.7. The highest BCUT2D eigenvalue weighted by Gasteiger charge is 2.35. The molecule has 0 saturated heterocycles. The van der Waals surface area contributed by atoms with Crippen LogP contribution in [0.2, 0.25) is 5.02 Å². The molecule has 1 aliphatic rings. The molecule has 2 aromatic rings. The van der Waals surface area contributed by atoms with Crippen molar-refractivity contribution < 1.29 is 9.18 Å². The molecule has 4 nitrogen and oxygen atoms in total. The summed E-state index contributed by atoms with van der Waals surface area (Å²) in [6.45, 7) is 1.96. The Hall–Kier alpha value is -2.05. The topological polar surface area (TPSA) is 67.5 Å². The number of nitrogens with two attached hydrogens (primary N) is 1. The number of nitrogens with one attached hydrogen (secondary N) is 1. The van der Waals surface area contributed by atoms with Gasteiger partial charge in [-0.05, 0) is 55.3 Å². The van der Waals surface area contributed by atoms with Crippen LogP contribution in [-0.4, -0.2) is 16.8 Å². The molecule has 7 heteroatoms. The predicted molar refractivity (Wildman–Crippen MR) is 106 cm³/mol. The molecule has 1 atom stereocenters. The van der Waals surface area contributed by atoms with Crippen LogP contribution in [0.1, 0.15) is 35.7 Å². The van der Waals surface area contributed by atoms with E-state index in [1.165, 1.54) is 17.8 Å². The van der Waals surface area contributed by atoms with Gasteiger partial charge < -0.3 is 11.1 Å². The summed E-state index contributed by atoms with van der Waals surface area (Å²) in [7, 11) is 0. The fourth-order valence-electron chi connectivity index (χ4n) is 3.03. The second kappa shape index (κ2) is 7.68. The van der Waals surface area contributed by atoms with E-state index in [1.807, 2.05) is 6.92 Å². The molecule has 0 saturated carbocycles. The number of nitrogens with zero attached hydrogens (tertiary/aromatic N) is 1. The van der Waals surface area contributed by atoms with Gasteiger partial charge in [-0.25, -0.2) is 4.39 Å². The van der Waals surface area contributed by atoms with E-state index >= 15 is 0 Å². The molecule has 0 aromatic heterocycles. The van der Waals surface area contributed by atoms with Crippen molar-refractivity contribution in [1.29, 1.82) is 0 Å². The van der Waals surface area contributed by atoms with E-state index in [-0.39, 0.29) is 11.7 Å². The lowest BCUT2D eigenvalue weighted by atomic mass is 9.84. The molecule has 3 rings (SSSR count). The van der Waals surface area contributed by atoms with Crippen molar-refractivity contribution in [3.8, 4) is 0 Å². The lowest BCUT2D eigenvalue weighted by Crippen LogP contribution is -2.32. The van der Waals surface area contributed by atoms with Crippen LogP contribution < -0.4 is 11.1 Å². The summed E-state index contributed by atoms with van der Waals surface area (Å²) >= 11 is 7.32. The maximum absolute atomic E-state index is 14.6. The number of anilines is 1. The number of amidine groups is 1. The summed E-state index contributed by atoms with van der Waals surface area (Å²) in [4.78, 5) is 16.9. The number of halogens is 2. The van der Waals surface area contributed by atoms with Crippen LogP contribution >= 0.6 is 23.4 Å². The van der Waals surface area contributed by atoms with Crippen LogP contribution in [0.5, 0.6) is 0 Å². The Labute approximate surface area is 161 Å². The average molecular weight is 392 g/mol. The van der Waals surface area contributed by atoms with Crippen LogP contribution in [0.25, 0.3) is 0 Å². The van der Waals surface area contributed by atoms with Crippen LogP contribution in [0.4, 0.5) is 10.1 Å². The van der Waals surface area contributed by atoms with Gasteiger partial charge in [-0.3, -0.25) is 9.79 Å². The Morgan fingerprint density at radius 3 is 2.73 bits per heavy atom. The number of rotatable bonds is 4. The third-order valence-electron chi connectivity index (χ3n) is 4.51. The Morgan fingerprint density at radius 1 is 1.35 bits per heavy atom. The van der Waals surface area contributed by atoms with Crippen molar-refractivity contribution in [2.45, 2.75) is 25.3 Å². The van der Waals surface area contributed by atoms with Gasteiger partial charge in [-0.1, -0.05) is 30.3 Å². The van der Waals surface area contributed by atoms with Crippen molar-refractivity contribution >= 4 is 40.1 Å². The lowest BCUT2D eigenvalue weighted by Gasteiger charge is -2.33. The van der Waals surface area contributed by atoms with Crippen LogP contribution in [0.3, 0.4) is 0 Å². The first kappa shape index (κ1) is 18.7. The maximum atomic E-state index is 14.6. The SMILES string of the molecule is CC[C@]1(c2cc(NC(=O)c3ccc(Cl)cc3)ccc2F)CCSC(N)=N1. The molecular formula is C19H19ClFN3OS. The van der Waals surface area contributed by atoms with E-state index in [4.69, 9.17) is 17.3 Å². The van der Waals surface area contributed by atoms with Crippen molar-refractivity contribution in [1.82, 2.24) is 0 Å². The predicted octanol–water partition coefficient (Wildman–Crippen LogP) is 4.79. The molecule has 0 fully saturated rings. The average Bonchev–Trinajstić information content (AvgIpc) is 2.63. The first-order valence-corrected chi connectivity index (χ1v) is 9.65. The number of carbonyl (C=O) groups is 1. The van der Waals surface area contributed by atoms with E-state index in [1.54, 1.807) is 36.4 Å². The summed E-state index contributed by atoms with van der Waals surface area (Å²) in [5.41, 5.74) is 6.64. The minimum absolute atomic E-state index is 0.285. The van der Waals surface area contributed by atoms with E-state index in [9.17, 15) is 9.18 Å². The Balaban J connectivity index is 1.91. The van der Waals surface area contributed by atoms with E-state index in [0.29, 0.717) is 39.8 Å². The van der Waals surface area contributed by atoms with Crippen LogP contribution in [-0.2, 0) is 5.54 Å². The van der Waals surface area contributed by atoms with Gasteiger partial charge in [0.05, 0.1) is 5.54 Å². The van der Waals surface area contributed by atoms with Crippen LogP contribution in [0, 0.1) is 5.82 Å². The van der Waals surface area contributed by atoms with Gasteiger partial charge in [0.2, 0.25) is 0 Å². The minimum atomic E-state index is -0.694. The first-order valence-electron chi connectivity index (χ1n) is 8.28. The van der Waals surface area contributed by atoms with Crippen molar-refractivity contribution in [2.75, 3.05) is 11.1 Å². The van der Waals surface area contributed by atoms with E-state index in [0.717, 1.165) is 5.75 Å². The molecule has 3 N–H and O–H groups in total. The number of hydrogen-bond donors (Lipinski definition) is 2. The van der Waals surface area contributed by atoms with Gasteiger partial charge in [0.1, 0.15) is 5.82 Å². The summed E-state index contributed by atoms with van der Waals surface area (Å²) in [6, 6.07) is 11.1. The summed E-state index contributed by atoms with van der Waals surface area (Å²) < 4.78 is 14.6. The molecule has 1 aliphatic heterocycles. The highest BCUT2D eigenvalue weighted by Crippen LogP contribution is 2.40. The largest absolute Gasteiger partial charge is 0.379 e. The summed E-state index contributed by atoms with van der Waals surface area (Å²) in [5, 5.41) is 3.83. The lowest BCUT2D eigenvalue weighted by molar-refractivity contribution is 0.102. The first-order chi connectivity index (χ1) is 12.4. The fraction of sp³-hybridized carbons (Fsp3) is 0.263. The Bertz CT molecular complexity index is 856. The summed E-state index contributed by atoms with van der Waals surface area (Å²) in [6.07, 6.45) is 1.32. The van der Waals surface area contributed by atoms with Crippen molar-refractivity contribution in [3.63, 3.8) is 0 Å². The maximum Gasteiger partial charge on any atom is 0.255 e. The van der Waals surface area contributed by atoms with Crippen molar-refractivity contribution in [3.05, 3.63) is 64.4 Å². The van der Waals surface area contributed by atoms with Gasteiger partial charge in [0.15, 0.2) is 5.17 Å². The van der Waals surface area contributed by atoms with Gasteiger partial charge in [0, 0.05) is 27.6 Å². The van der Waals surface area contributed by atoms with Gasteiger partial charge in [-0.15, -0.1) is 0 Å². The van der Waals surface area contributed by atoms with Gasteiger partial charge >= 0.3 is 0 Å². The normalized spacial score (nSPS) is 19.7. The number of amides is 1. The minimum Gasteiger partial charge on any atom is -0.379 e. The molecule has 136 valence electrons. The molecule has 2 aromatic carbocycles. The third kappa shape index (κ3) is 3.86. The number of hydrogen-bond acceptors (Lipinski definition) is 4. The second-order valence-corrected chi connectivity index (χ2v) is 7.64. The van der Waals surface area contributed by atoms with E-state index in [2.05, 4.69) is 10.3 Å². The second-order valence-electron chi connectivity index (χ2n) is 6.09. The molecule has 1 amide bonds. The fourth-order valence-corrected chi connectivity index (χ4v) is 4.04. The zero-order valence-electron chi connectivity index (χ0n) is 14.3. The molecule has 0 radical (unpaired) electrons. The molecular weight excluding hydrogens is 373 g/mol. The number of benzene rings is 2. The number of aliphatic imine (C=N–C) groups is 1. The standard InChI is InChI=1S/C19H19ClFN3OS/c1-2-19(9-10-26-18(22)24-19)15-11-14(7-8-16(15)21)23-17(25)12-3-5-13(20)6-4-12/h3-8,11H,2,9-10H2,1H3,(H2,22,24)(H,23,25)/t19-/m1/s1. The van der Waals surface area contributed by atoms with Crippen molar-refractivity contribution in [2.24, 2.45) is 10.7 Å². The molecule has 0 bridgehead atoms. The number of thioether (sulfide) groups is 1. The Morgan fingerprint density at radius 2 is 2.08 bits per heavy atom. The van der Waals surface area contributed by atoms with Gasteiger partial charge in [-0.2, -0.15) is 0 Å². The third-order valence-corrected chi connectivity index (χ3v) is 5.55. The molecule has 26 heavy (non-hydrogen) atoms. The molecule has 0 spiro atoms. The zero-order valence-corrected chi connectivity index (χ0v) is 15.8. The van der Waals surface area contributed by atoms with E-state index < -0.39 is 5.54 Å². The quantitative estimate of drug-likeness (QED) is 0.787.